The van der Waals surface area contributed by atoms with Gasteiger partial charge in [0.2, 0.25) is 0 Å². The summed E-state index contributed by atoms with van der Waals surface area (Å²) < 4.78 is 5.16. The van der Waals surface area contributed by atoms with Crippen LogP contribution < -0.4 is 0 Å². The maximum atomic E-state index is 10.0. The van der Waals surface area contributed by atoms with Crippen LogP contribution in [0.3, 0.4) is 0 Å². The molecule has 0 bridgehead atoms. The van der Waals surface area contributed by atoms with Crippen molar-refractivity contribution in [1.29, 1.82) is 0 Å². The molecular formula is C14H29NO3. The summed E-state index contributed by atoms with van der Waals surface area (Å²) >= 11 is 0. The number of ether oxygens (including phenoxy) is 1. The van der Waals surface area contributed by atoms with Crippen molar-refractivity contribution in [2.24, 2.45) is 5.92 Å². The molecule has 0 aromatic carbocycles. The average Bonchev–Trinajstić information content (AvgIpc) is 2.36. The van der Waals surface area contributed by atoms with Gasteiger partial charge in [0.1, 0.15) is 0 Å². The maximum absolute atomic E-state index is 10.0. The molecule has 0 aromatic heterocycles. The van der Waals surface area contributed by atoms with Crippen LogP contribution in [0.25, 0.3) is 0 Å². The van der Waals surface area contributed by atoms with Crippen molar-refractivity contribution in [2.45, 2.75) is 46.5 Å². The fraction of sp³-hybridized carbons (Fsp3) is 0.929. The standard InChI is InChI=1S/C8H16O2.C6H13NO/c1-7(2)5-3-4-6-8(9)10;1-2-7-3-5-8-6-4-7/h7H,3-6H2,1-2H3,(H,9,10);2-6H2,1H3. The van der Waals surface area contributed by atoms with Gasteiger partial charge in [-0.2, -0.15) is 0 Å². The lowest BCUT2D eigenvalue weighted by atomic mass is 10.1. The molecule has 1 heterocycles. The van der Waals surface area contributed by atoms with Crippen LogP contribution in [0.5, 0.6) is 0 Å². The third-order valence-electron chi connectivity index (χ3n) is 2.97. The van der Waals surface area contributed by atoms with E-state index in [4.69, 9.17) is 9.84 Å². The van der Waals surface area contributed by atoms with Gasteiger partial charge in [-0.1, -0.05) is 33.6 Å². The number of unbranched alkanes of at least 4 members (excludes halogenated alkanes) is 1. The monoisotopic (exact) mass is 259 g/mol. The fourth-order valence-corrected chi connectivity index (χ4v) is 1.75. The van der Waals surface area contributed by atoms with Crippen LogP contribution in [0.2, 0.25) is 0 Å². The first-order chi connectivity index (χ1) is 8.56. The first kappa shape index (κ1) is 17.4. The number of nitrogens with zero attached hydrogens (tertiary/aromatic N) is 1. The van der Waals surface area contributed by atoms with E-state index in [9.17, 15) is 4.79 Å². The summed E-state index contributed by atoms with van der Waals surface area (Å²) in [5.74, 6) is 0.0255. The molecule has 0 amide bonds. The van der Waals surface area contributed by atoms with Crippen molar-refractivity contribution in [3.8, 4) is 0 Å². The van der Waals surface area contributed by atoms with Crippen molar-refractivity contribution in [3.63, 3.8) is 0 Å². The van der Waals surface area contributed by atoms with Crippen LogP contribution >= 0.6 is 0 Å². The zero-order chi connectivity index (χ0) is 13.8. The minimum Gasteiger partial charge on any atom is -0.481 e. The lowest BCUT2D eigenvalue weighted by Crippen LogP contribution is -2.35. The molecule has 1 N–H and O–H groups in total. The van der Waals surface area contributed by atoms with Gasteiger partial charge in [-0.15, -0.1) is 0 Å². The predicted octanol–water partition coefficient (Wildman–Crippen LogP) is 2.63. The number of carboxylic acid groups (broad SMARTS) is 1. The molecule has 1 aliphatic rings. The molecule has 4 heteroatoms. The topological polar surface area (TPSA) is 49.8 Å². The van der Waals surface area contributed by atoms with E-state index in [0.717, 1.165) is 45.6 Å². The van der Waals surface area contributed by atoms with Crippen molar-refractivity contribution in [3.05, 3.63) is 0 Å². The Kier molecular flexibility index (Phi) is 11.1. The number of carbonyl (C=O) groups is 1. The molecule has 0 spiro atoms. The van der Waals surface area contributed by atoms with Crippen LogP contribution in [-0.4, -0.2) is 48.8 Å². The van der Waals surface area contributed by atoms with E-state index in [2.05, 4.69) is 25.7 Å². The number of carboxylic acids is 1. The van der Waals surface area contributed by atoms with Crippen LogP contribution in [-0.2, 0) is 9.53 Å². The Labute approximate surface area is 111 Å². The van der Waals surface area contributed by atoms with Crippen LogP contribution in [0.15, 0.2) is 0 Å². The van der Waals surface area contributed by atoms with Crippen molar-refractivity contribution < 1.29 is 14.6 Å². The highest BCUT2D eigenvalue weighted by atomic mass is 16.5. The average molecular weight is 259 g/mol. The summed E-state index contributed by atoms with van der Waals surface area (Å²) in [4.78, 5) is 12.4. The Hall–Kier alpha value is -0.610. The predicted molar refractivity (Wildman–Crippen MR) is 73.9 cm³/mol. The lowest BCUT2D eigenvalue weighted by Gasteiger charge is -2.24. The van der Waals surface area contributed by atoms with E-state index in [1.54, 1.807) is 0 Å². The van der Waals surface area contributed by atoms with Gasteiger partial charge >= 0.3 is 5.97 Å². The first-order valence-electron chi connectivity index (χ1n) is 7.08. The lowest BCUT2D eigenvalue weighted by molar-refractivity contribution is -0.137. The van der Waals surface area contributed by atoms with E-state index in [0.29, 0.717) is 12.3 Å². The van der Waals surface area contributed by atoms with Gasteiger partial charge in [0.25, 0.3) is 0 Å². The summed E-state index contributed by atoms with van der Waals surface area (Å²) in [5, 5.41) is 8.28. The van der Waals surface area contributed by atoms with Crippen LogP contribution in [0, 0.1) is 5.92 Å². The van der Waals surface area contributed by atoms with E-state index in [-0.39, 0.29) is 0 Å². The quantitative estimate of drug-likeness (QED) is 0.745. The molecule has 1 saturated heterocycles. The molecule has 108 valence electrons. The summed E-state index contributed by atoms with van der Waals surface area (Å²) in [7, 11) is 0. The Balaban J connectivity index is 0.000000327. The van der Waals surface area contributed by atoms with Gasteiger partial charge in [-0.25, -0.2) is 0 Å². The van der Waals surface area contributed by atoms with E-state index in [1.165, 1.54) is 6.54 Å². The summed E-state index contributed by atoms with van der Waals surface area (Å²) in [6.45, 7) is 11.8. The number of hydrogen-bond acceptors (Lipinski definition) is 3. The molecule has 0 atom stereocenters. The highest BCUT2D eigenvalue weighted by molar-refractivity contribution is 5.66. The Morgan fingerprint density at radius 2 is 1.89 bits per heavy atom. The number of rotatable bonds is 6. The molecule has 0 radical (unpaired) electrons. The van der Waals surface area contributed by atoms with E-state index < -0.39 is 5.97 Å². The van der Waals surface area contributed by atoms with Gasteiger partial charge in [-0.05, 0) is 18.9 Å². The molecule has 0 aromatic rings. The van der Waals surface area contributed by atoms with Crippen molar-refractivity contribution in [2.75, 3.05) is 32.8 Å². The second kappa shape index (κ2) is 11.5. The molecular weight excluding hydrogens is 230 g/mol. The van der Waals surface area contributed by atoms with Crippen LogP contribution in [0.4, 0.5) is 0 Å². The molecule has 4 nitrogen and oxygen atoms in total. The number of aliphatic carboxylic acids is 1. The highest BCUT2D eigenvalue weighted by Gasteiger charge is 2.05. The van der Waals surface area contributed by atoms with Gasteiger partial charge < -0.3 is 9.84 Å². The molecule has 18 heavy (non-hydrogen) atoms. The van der Waals surface area contributed by atoms with Crippen LogP contribution in [0.1, 0.15) is 46.5 Å². The summed E-state index contributed by atoms with van der Waals surface area (Å²) in [5.41, 5.74) is 0. The maximum Gasteiger partial charge on any atom is 0.303 e. The summed E-state index contributed by atoms with van der Waals surface area (Å²) in [6.07, 6.45) is 3.34. The molecule has 1 aliphatic heterocycles. The van der Waals surface area contributed by atoms with Gasteiger partial charge in [-0.3, -0.25) is 9.69 Å². The first-order valence-corrected chi connectivity index (χ1v) is 7.08. The zero-order valence-corrected chi connectivity index (χ0v) is 12.2. The number of morpholine rings is 1. The third kappa shape index (κ3) is 11.9. The smallest absolute Gasteiger partial charge is 0.303 e. The minimum absolute atomic E-state index is 0.326. The normalized spacial score (nSPS) is 16.2. The number of likely N-dealkylation sites (N-methyl/N-ethyl adjacent to an activating group) is 1. The SMILES string of the molecule is CC(C)CCCCC(=O)O.CCN1CCOCC1. The third-order valence-corrected chi connectivity index (χ3v) is 2.97. The largest absolute Gasteiger partial charge is 0.481 e. The Morgan fingerprint density at radius 1 is 1.28 bits per heavy atom. The molecule has 0 unspecified atom stereocenters. The highest BCUT2D eigenvalue weighted by Crippen LogP contribution is 2.07. The Bertz CT molecular complexity index is 201. The zero-order valence-electron chi connectivity index (χ0n) is 12.2. The van der Waals surface area contributed by atoms with Gasteiger partial charge in [0, 0.05) is 19.5 Å². The second-order valence-electron chi connectivity index (χ2n) is 5.08. The van der Waals surface area contributed by atoms with E-state index >= 15 is 0 Å². The van der Waals surface area contributed by atoms with Gasteiger partial charge in [0.05, 0.1) is 13.2 Å². The molecule has 0 aliphatic carbocycles. The van der Waals surface area contributed by atoms with Crippen molar-refractivity contribution >= 4 is 5.97 Å². The number of hydrogen-bond donors (Lipinski definition) is 1. The minimum atomic E-state index is -0.677. The van der Waals surface area contributed by atoms with Gasteiger partial charge in [0.15, 0.2) is 0 Å². The second-order valence-corrected chi connectivity index (χ2v) is 5.08. The molecule has 1 rings (SSSR count). The fourth-order valence-electron chi connectivity index (χ4n) is 1.75. The van der Waals surface area contributed by atoms with Crippen molar-refractivity contribution in [1.82, 2.24) is 4.90 Å². The Morgan fingerprint density at radius 3 is 2.28 bits per heavy atom. The molecule has 0 saturated carbocycles. The van der Waals surface area contributed by atoms with E-state index in [1.807, 2.05) is 0 Å². The summed E-state index contributed by atoms with van der Waals surface area (Å²) in [6, 6.07) is 0. The molecule has 1 fully saturated rings.